The molecule has 0 bridgehead atoms. The highest BCUT2D eigenvalue weighted by molar-refractivity contribution is 7.90. The number of esters is 1. The largest absolute Gasteiger partial charge is 0.465 e. The predicted octanol–water partition coefficient (Wildman–Crippen LogP) is -0.935. The molecule has 1 fully saturated rings. The maximum atomic E-state index is 12.1. The molecule has 0 aromatic rings. The van der Waals surface area contributed by atoms with Gasteiger partial charge in [0.05, 0.1) is 12.7 Å². The van der Waals surface area contributed by atoms with Gasteiger partial charge in [-0.3, -0.25) is 4.79 Å². The zero-order valence-electron chi connectivity index (χ0n) is 10.4. The van der Waals surface area contributed by atoms with Crippen molar-refractivity contribution in [3.8, 4) is 6.07 Å². The fourth-order valence-electron chi connectivity index (χ4n) is 1.70. The van der Waals surface area contributed by atoms with Gasteiger partial charge in [0.15, 0.2) is 5.25 Å². The van der Waals surface area contributed by atoms with Crippen LogP contribution in [0, 0.1) is 11.3 Å². The summed E-state index contributed by atoms with van der Waals surface area (Å²) in [6.07, 6.45) is 0. The molecule has 0 radical (unpaired) electrons. The molecule has 102 valence electrons. The first kappa shape index (κ1) is 14.9. The van der Waals surface area contributed by atoms with E-state index in [9.17, 15) is 13.2 Å². The lowest BCUT2D eigenvalue weighted by molar-refractivity contribution is -0.148. The molecule has 1 aliphatic rings. The van der Waals surface area contributed by atoms with Gasteiger partial charge in [-0.15, -0.1) is 0 Å². The minimum absolute atomic E-state index is 0.165. The number of carbonyl (C=O) groups excluding carboxylic acids is 1. The van der Waals surface area contributed by atoms with E-state index in [1.165, 1.54) is 6.92 Å². The fraction of sp³-hybridized carbons (Fsp3) is 0.800. The van der Waals surface area contributed by atoms with Crippen LogP contribution in [0.25, 0.3) is 0 Å². The second-order valence-corrected chi connectivity index (χ2v) is 6.11. The highest BCUT2D eigenvalue weighted by Gasteiger charge is 2.40. The lowest BCUT2D eigenvalue weighted by Gasteiger charge is -2.34. The lowest BCUT2D eigenvalue weighted by atomic mass is 10.2. The zero-order chi connectivity index (χ0) is 13.8. The lowest BCUT2D eigenvalue weighted by Crippen LogP contribution is -2.58. The van der Waals surface area contributed by atoms with Gasteiger partial charge in [-0.1, -0.05) is 0 Å². The molecule has 0 aromatic carbocycles. The van der Waals surface area contributed by atoms with Gasteiger partial charge >= 0.3 is 5.97 Å². The summed E-state index contributed by atoms with van der Waals surface area (Å²) in [5.74, 6) is -0.585. The molecule has 0 spiro atoms. The maximum Gasteiger partial charge on any atom is 0.325 e. The smallest absolute Gasteiger partial charge is 0.325 e. The Morgan fingerprint density at radius 2 is 2.33 bits per heavy atom. The van der Waals surface area contributed by atoms with E-state index in [4.69, 9.17) is 10.00 Å². The molecule has 7 nitrogen and oxygen atoms in total. The van der Waals surface area contributed by atoms with E-state index >= 15 is 0 Å². The third-order valence-electron chi connectivity index (χ3n) is 2.71. The molecular weight excluding hydrogens is 258 g/mol. The molecule has 0 amide bonds. The first-order valence-corrected chi connectivity index (χ1v) is 7.23. The molecule has 0 saturated carbocycles. The Balaban J connectivity index is 2.97. The van der Waals surface area contributed by atoms with Crippen molar-refractivity contribution in [2.75, 3.05) is 26.2 Å². The Morgan fingerprint density at radius 1 is 1.67 bits per heavy atom. The van der Waals surface area contributed by atoms with E-state index in [-0.39, 0.29) is 19.7 Å². The van der Waals surface area contributed by atoms with Gasteiger partial charge < -0.3 is 10.1 Å². The molecule has 0 aromatic heterocycles. The minimum Gasteiger partial charge on any atom is -0.465 e. The Hall–Kier alpha value is -1.17. The summed E-state index contributed by atoms with van der Waals surface area (Å²) in [6.45, 7) is 3.98. The molecule has 1 rings (SSSR count). The number of nitriles is 1. The average molecular weight is 275 g/mol. The SMILES string of the molecule is CCOC(=O)C1CNCCN1S(=O)(=O)C(C)C#N. The molecule has 1 N–H and O–H groups in total. The van der Waals surface area contributed by atoms with Crippen molar-refractivity contribution >= 4 is 16.0 Å². The first-order chi connectivity index (χ1) is 8.45. The summed E-state index contributed by atoms with van der Waals surface area (Å²) in [7, 11) is -3.79. The van der Waals surface area contributed by atoms with Crippen LogP contribution in [0.15, 0.2) is 0 Å². The van der Waals surface area contributed by atoms with Crippen molar-refractivity contribution in [3.05, 3.63) is 0 Å². The van der Waals surface area contributed by atoms with Crippen LogP contribution in [-0.4, -0.2) is 56.2 Å². The summed E-state index contributed by atoms with van der Waals surface area (Å²) in [4.78, 5) is 11.7. The summed E-state index contributed by atoms with van der Waals surface area (Å²) in [5.41, 5.74) is 0. The van der Waals surface area contributed by atoms with Crippen molar-refractivity contribution in [1.29, 1.82) is 5.26 Å². The number of carbonyl (C=O) groups is 1. The number of nitrogens with zero attached hydrogens (tertiary/aromatic N) is 2. The van der Waals surface area contributed by atoms with Crippen molar-refractivity contribution in [1.82, 2.24) is 9.62 Å². The van der Waals surface area contributed by atoms with Crippen LogP contribution >= 0.6 is 0 Å². The third kappa shape index (κ3) is 2.98. The van der Waals surface area contributed by atoms with E-state index in [0.717, 1.165) is 4.31 Å². The summed E-state index contributed by atoms with van der Waals surface area (Å²) >= 11 is 0. The normalized spacial score (nSPS) is 23.1. The van der Waals surface area contributed by atoms with Crippen LogP contribution < -0.4 is 5.32 Å². The average Bonchev–Trinajstić information content (AvgIpc) is 2.38. The van der Waals surface area contributed by atoms with Gasteiger partial charge in [-0.2, -0.15) is 9.57 Å². The van der Waals surface area contributed by atoms with Crippen LogP contribution in [0.3, 0.4) is 0 Å². The Kier molecular flexibility index (Phi) is 5.07. The zero-order valence-corrected chi connectivity index (χ0v) is 11.2. The molecule has 0 aliphatic carbocycles. The number of hydrogen-bond acceptors (Lipinski definition) is 6. The van der Waals surface area contributed by atoms with Gasteiger partial charge in [0.1, 0.15) is 6.04 Å². The van der Waals surface area contributed by atoms with Crippen molar-refractivity contribution < 1.29 is 17.9 Å². The third-order valence-corrected chi connectivity index (χ3v) is 4.80. The Labute approximate surface area is 107 Å². The fourth-order valence-corrected chi connectivity index (χ4v) is 3.10. The van der Waals surface area contributed by atoms with Crippen LogP contribution in [0.5, 0.6) is 0 Å². The quantitative estimate of drug-likeness (QED) is 0.665. The van der Waals surface area contributed by atoms with Crippen molar-refractivity contribution in [2.45, 2.75) is 25.1 Å². The summed E-state index contributed by atoms with van der Waals surface area (Å²) < 4.78 is 30.1. The molecule has 2 unspecified atom stereocenters. The summed E-state index contributed by atoms with van der Waals surface area (Å²) in [5, 5.41) is 10.5. The monoisotopic (exact) mass is 275 g/mol. The van der Waals surface area contributed by atoms with Gasteiger partial charge in [0, 0.05) is 19.6 Å². The Bertz CT molecular complexity index is 443. The number of ether oxygens (including phenoxy) is 1. The summed E-state index contributed by atoms with van der Waals surface area (Å²) in [6, 6.07) is 0.802. The van der Waals surface area contributed by atoms with Crippen molar-refractivity contribution in [2.24, 2.45) is 0 Å². The molecule has 1 saturated heterocycles. The van der Waals surface area contributed by atoms with E-state index < -0.39 is 27.3 Å². The van der Waals surface area contributed by atoms with Crippen molar-refractivity contribution in [3.63, 3.8) is 0 Å². The molecular formula is C10H17N3O4S. The Morgan fingerprint density at radius 3 is 2.89 bits per heavy atom. The standard InChI is InChI=1S/C10H17N3O4S/c1-3-17-10(14)9-7-12-4-5-13(9)18(15,16)8(2)6-11/h8-9,12H,3-5,7H2,1-2H3. The molecule has 8 heteroatoms. The van der Waals surface area contributed by atoms with Gasteiger partial charge in [-0.05, 0) is 13.8 Å². The maximum absolute atomic E-state index is 12.1. The van der Waals surface area contributed by atoms with Crippen LogP contribution in [0.1, 0.15) is 13.8 Å². The second-order valence-electron chi connectivity index (χ2n) is 3.90. The van der Waals surface area contributed by atoms with E-state index in [1.54, 1.807) is 13.0 Å². The van der Waals surface area contributed by atoms with Gasteiger partial charge in [0.2, 0.25) is 10.0 Å². The minimum atomic E-state index is -3.79. The second kappa shape index (κ2) is 6.13. The van der Waals surface area contributed by atoms with Gasteiger partial charge in [0.25, 0.3) is 0 Å². The molecule has 18 heavy (non-hydrogen) atoms. The first-order valence-electron chi connectivity index (χ1n) is 5.72. The predicted molar refractivity (Wildman–Crippen MR) is 64.0 cm³/mol. The molecule has 1 heterocycles. The van der Waals surface area contributed by atoms with E-state index in [2.05, 4.69) is 5.32 Å². The number of hydrogen-bond donors (Lipinski definition) is 1. The number of piperazine rings is 1. The van der Waals surface area contributed by atoms with Crippen LogP contribution in [-0.2, 0) is 19.6 Å². The van der Waals surface area contributed by atoms with E-state index in [1.807, 2.05) is 0 Å². The number of sulfonamides is 1. The highest BCUT2D eigenvalue weighted by atomic mass is 32.2. The topological polar surface area (TPSA) is 99.5 Å². The molecule has 1 aliphatic heterocycles. The van der Waals surface area contributed by atoms with Crippen LogP contribution in [0.4, 0.5) is 0 Å². The van der Waals surface area contributed by atoms with Crippen LogP contribution in [0.2, 0.25) is 0 Å². The highest BCUT2D eigenvalue weighted by Crippen LogP contribution is 2.15. The van der Waals surface area contributed by atoms with E-state index in [0.29, 0.717) is 6.54 Å². The van der Waals surface area contributed by atoms with Gasteiger partial charge in [-0.25, -0.2) is 8.42 Å². The number of nitrogens with one attached hydrogen (secondary N) is 1. The molecule has 2 atom stereocenters. The number of rotatable bonds is 4.